The summed E-state index contributed by atoms with van der Waals surface area (Å²) in [6, 6.07) is 3.60. The predicted molar refractivity (Wildman–Crippen MR) is 49.6 cm³/mol. The van der Waals surface area contributed by atoms with Gasteiger partial charge < -0.3 is 4.74 Å². The van der Waals surface area contributed by atoms with Crippen LogP contribution in [0.25, 0.3) is 0 Å². The Morgan fingerprint density at radius 1 is 1.58 bits per heavy atom. The maximum Gasteiger partial charge on any atom is 0.213 e. The second kappa shape index (κ2) is 3.90. The number of ether oxygens (including phenoxy) is 1. The number of benzene rings is 1. The fourth-order valence-corrected chi connectivity index (χ4v) is 0.803. The topological polar surface area (TPSA) is 33.1 Å². The zero-order chi connectivity index (χ0) is 10.7. The van der Waals surface area contributed by atoms with E-state index in [1.54, 1.807) is 19.1 Å². The lowest BCUT2D eigenvalue weighted by Gasteiger charge is -2.04. The van der Waals surface area contributed by atoms with Crippen molar-refractivity contribution in [1.82, 2.24) is 0 Å². The Morgan fingerprint density at radius 3 is 2.67 bits per heavy atom. The van der Waals surface area contributed by atoms with Crippen LogP contribution in [0.5, 0.6) is 0 Å². The Hall–Kier alpha value is -1.31. The molecule has 0 unspecified atom stereocenters. The zero-order valence-corrected chi connectivity index (χ0v) is 7.27. The van der Waals surface area contributed by atoms with Gasteiger partial charge in [-0.3, -0.25) is 5.41 Å². The second-order valence-corrected chi connectivity index (χ2v) is 2.46. The van der Waals surface area contributed by atoms with Crippen LogP contribution in [0.1, 0.15) is 20.8 Å². The van der Waals surface area contributed by atoms with Crippen molar-refractivity contribution in [1.29, 1.82) is 5.41 Å². The van der Waals surface area contributed by atoms with E-state index in [2.05, 4.69) is 0 Å². The van der Waals surface area contributed by atoms with Crippen molar-refractivity contribution in [2.45, 2.75) is 13.8 Å². The van der Waals surface area contributed by atoms with Gasteiger partial charge in [0, 0.05) is 5.56 Å². The van der Waals surface area contributed by atoms with Crippen LogP contribution in [-0.2, 0) is 4.74 Å². The molecule has 0 bridgehead atoms. The minimum absolute atomic E-state index is 0.0949. The van der Waals surface area contributed by atoms with E-state index >= 15 is 0 Å². The van der Waals surface area contributed by atoms with Crippen LogP contribution < -0.4 is 0 Å². The van der Waals surface area contributed by atoms with E-state index in [4.69, 9.17) is 12.9 Å². The number of nitrogens with one attached hydrogen (secondary N) is 1. The smallest absolute Gasteiger partial charge is 0.213 e. The predicted octanol–water partition coefficient (Wildman–Crippen LogP) is 2.36. The first-order chi connectivity index (χ1) is 6.56. The van der Waals surface area contributed by atoms with E-state index in [1.165, 1.54) is 0 Å². The summed E-state index contributed by atoms with van der Waals surface area (Å²) in [7, 11) is 0. The van der Waals surface area contributed by atoms with Gasteiger partial charge in [-0.1, -0.05) is 17.7 Å². The van der Waals surface area contributed by atoms with E-state index in [9.17, 15) is 0 Å². The number of aryl methyl sites for hydroxylation is 1. The minimum Gasteiger partial charge on any atom is -0.478 e. The minimum atomic E-state index is -0.0949. The van der Waals surface area contributed by atoms with Gasteiger partial charge >= 0.3 is 0 Å². The first-order valence-electron chi connectivity index (χ1n) is 4.85. The Kier molecular flexibility index (Phi) is 2.03. The molecule has 0 aliphatic carbocycles. The lowest BCUT2D eigenvalue weighted by atomic mass is 10.1. The van der Waals surface area contributed by atoms with E-state index in [1.807, 2.05) is 6.92 Å². The van der Waals surface area contributed by atoms with Crippen LogP contribution in [0, 0.1) is 12.3 Å². The summed E-state index contributed by atoms with van der Waals surface area (Å²) in [4.78, 5) is 0. The van der Waals surface area contributed by atoms with Crippen LogP contribution in [0.2, 0.25) is 0 Å². The van der Waals surface area contributed by atoms with E-state index < -0.39 is 0 Å². The van der Waals surface area contributed by atoms with Gasteiger partial charge in [0.15, 0.2) is 0 Å². The van der Waals surface area contributed by atoms with E-state index in [-0.39, 0.29) is 23.5 Å². The summed E-state index contributed by atoms with van der Waals surface area (Å²) in [5.74, 6) is -0.0949. The highest BCUT2D eigenvalue weighted by Crippen LogP contribution is 2.04. The maximum atomic E-state index is 7.62. The zero-order valence-electron chi connectivity index (χ0n) is 9.27. The van der Waals surface area contributed by atoms with Gasteiger partial charge in [0.1, 0.15) is 0 Å². The first kappa shape index (κ1) is 6.23. The lowest BCUT2D eigenvalue weighted by Crippen LogP contribution is -2.04. The summed E-state index contributed by atoms with van der Waals surface area (Å²) in [6.45, 7) is 3.98. The highest BCUT2D eigenvalue weighted by atomic mass is 16.5. The average molecular weight is 165 g/mol. The molecule has 0 aliphatic heterocycles. The molecular weight excluding hydrogens is 150 g/mol. The molecule has 0 amide bonds. The second-order valence-electron chi connectivity index (χ2n) is 2.46. The Labute approximate surface area is 75.5 Å². The van der Waals surface area contributed by atoms with Crippen molar-refractivity contribution in [3.8, 4) is 0 Å². The maximum absolute atomic E-state index is 7.62. The van der Waals surface area contributed by atoms with Gasteiger partial charge in [-0.25, -0.2) is 0 Å². The summed E-state index contributed by atoms with van der Waals surface area (Å²) in [6.07, 6.45) is 0. The number of rotatable bonds is 2. The average Bonchev–Trinajstić information content (AvgIpc) is 2.01. The molecule has 1 N–H and O–H groups in total. The fourth-order valence-electron chi connectivity index (χ4n) is 0.803. The van der Waals surface area contributed by atoms with Crippen molar-refractivity contribution in [2.24, 2.45) is 0 Å². The van der Waals surface area contributed by atoms with E-state index in [0.29, 0.717) is 6.61 Å². The van der Waals surface area contributed by atoms with Gasteiger partial charge in [-0.2, -0.15) is 0 Å². The third-order valence-electron chi connectivity index (χ3n) is 1.40. The molecular formula is C10H13NO. The monoisotopic (exact) mass is 165 g/mol. The summed E-state index contributed by atoms with van der Waals surface area (Å²) in [5.41, 5.74) is 1.12. The quantitative estimate of drug-likeness (QED) is 0.529. The molecule has 0 spiro atoms. The summed E-state index contributed by atoms with van der Waals surface area (Å²) < 4.78 is 20.2. The number of hydrogen-bond donors (Lipinski definition) is 1. The third-order valence-corrected chi connectivity index (χ3v) is 1.40. The van der Waals surface area contributed by atoms with Crippen molar-refractivity contribution >= 4 is 5.90 Å². The molecule has 0 radical (unpaired) electrons. The molecule has 1 rings (SSSR count). The molecule has 0 fully saturated rings. The van der Waals surface area contributed by atoms with Crippen LogP contribution in [0.4, 0.5) is 0 Å². The van der Waals surface area contributed by atoms with Crippen molar-refractivity contribution < 1.29 is 7.48 Å². The van der Waals surface area contributed by atoms with Crippen molar-refractivity contribution in [3.05, 3.63) is 35.3 Å². The fraction of sp³-hybridized carbons (Fsp3) is 0.300. The molecule has 1 aromatic rings. The van der Waals surface area contributed by atoms with Gasteiger partial charge in [0.25, 0.3) is 0 Å². The van der Waals surface area contributed by atoms with E-state index in [0.717, 1.165) is 5.56 Å². The molecule has 0 heterocycles. The molecule has 1 aromatic carbocycles. The highest BCUT2D eigenvalue weighted by molar-refractivity contribution is 5.91. The first-order valence-corrected chi connectivity index (χ1v) is 3.85. The molecule has 2 nitrogen and oxygen atoms in total. The Bertz CT molecular complexity index is 340. The standard InChI is InChI=1S/C10H13NO/c1-3-12-10(11)9-6-4-8(2)5-7-9/h4-7,11H,3H2,1-2H3/i6D,7D. The van der Waals surface area contributed by atoms with Crippen molar-refractivity contribution in [2.75, 3.05) is 6.61 Å². The van der Waals surface area contributed by atoms with Crippen LogP contribution in [-0.4, -0.2) is 12.5 Å². The number of hydrogen-bond acceptors (Lipinski definition) is 2. The lowest BCUT2D eigenvalue weighted by molar-refractivity contribution is 0.325. The molecule has 0 aliphatic rings. The normalized spacial score (nSPS) is 11.8. The van der Waals surface area contributed by atoms with Gasteiger partial charge in [0.2, 0.25) is 5.90 Å². The third kappa shape index (κ3) is 2.09. The van der Waals surface area contributed by atoms with Gasteiger partial charge in [-0.05, 0) is 25.9 Å². The highest BCUT2D eigenvalue weighted by Gasteiger charge is 1.99. The molecule has 2 heteroatoms. The molecule has 0 aromatic heterocycles. The van der Waals surface area contributed by atoms with Crippen LogP contribution in [0.3, 0.4) is 0 Å². The van der Waals surface area contributed by atoms with Gasteiger partial charge in [0.05, 0.1) is 9.35 Å². The summed E-state index contributed by atoms with van der Waals surface area (Å²) in [5, 5.41) is 7.52. The largest absolute Gasteiger partial charge is 0.478 e. The molecule has 0 saturated heterocycles. The molecule has 64 valence electrons. The van der Waals surface area contributed by atoms with Gasteiger partial charge in [-0.15, -0.1) is 0 Å². The Morgan fingerprint density at radius 2 is 2.17 bits per heavy atom. The van der Waals surface area contributed by atoms with Crippen LogP contribution >= 0.6 is 0 Å². The Balaban J connectivity index is 3.14. The SMILES string of the molecule is [2H]c1cc(C)cc([2H])c1C(=N)OCC. The van der Waals surface area contributed by atoms with Crippen LogP contribution in [0.15, 0.2) is 24.2 Å². The molecule has 12 heavy (non-hydrogen) atoms. The molecule has 0 saturated carbocycles. The van der Waals surface area contributed by atoms with Crippen molar-refractivity contribution in [3.63, 3.8) is 0 Å². The summed E-state index contributed by atoms with van der Waals surface area (Å²) >= 11 is 0. The molecule has 0 atom stereocenters.